The molecular formula is C23H17BrN2O5. The Kier molecular flexibility index (Phi) is 6.28. The molecule has 0 saturated carbocycles. The van der Waals surface area contributed by atoms with Gasteiger partial charge in [-0.15, -0.1) is 0 Å². The van der Waals surface area contributed by atoms with E-state index in [0.717, 1.165) is 10.0 Å². The van der Waals surface area contributed by atoms with Crippen LogP contribution in [-0.4, -0.2) is 24.9 Å². The number of carbonyl (C=O) groups is 2. The van der Waals surface area contributed by atoms with Gasteiger partial charge in [0.1, 0.15) is 5.75 Å². The Morgan fingerprint density at radius 3 is 2.68 bits per heavy atom. The number of hydrogen-bond donors (Lipinski definition) is 1. The Bertz CT molecular complexity index is 1140. The second-order valence-corrected chi connectivity index (χ2v) is 7.54. The van der Waals surface area contributed by atoms with Gasteiger partial charge in [-0.25, -0.2) is 10.2 Å². The van der Waals surface area contributed by atoms with Crippen molar-refractivity contribution in [1.29, 1.82) is 0 Å². The zero-order valence-electron chi connectivity index (χ0n) is 16.2. The maximum absolute atomic E-state index is 12.4. The number of nitrogens with zero attached hydrogens (tertiary/aromatic N) is 1. The van der Waals surface area contributed by atoms with Gasteiger partial charge < -0.3 is 14.2 Å². The first-order chi connectivity index (χ1) is 15.1. The molecule has 0 bridgehead atoms. The fraction of sp³-hybridized carbons (Fsp3) is 0.0870. The standard InChI is InChI=1S/C23H17BrN2O5/c24-18-7-4-15(5-8-18)11-22(27)26-25-13-16-2-1-3-19(10-16)31-23(28)17-6-9-20-21(12-17)30-14-29-20/h1-10,12-13H,11,14H2,(H,26,27)/b25-13-. The number of rotatable bonds is 6. The molecule has 0 spiro atoms. The number of carbonyl (C=O) groups excluding carboxylic acids is 2. The maximum Gasteiger partial charge on any atom is 0.343 e. The Morgan fingerprint density at radius 2 is 1.84 bits per heavy atom. The highest BCUT2D eigenvalue weighted by Gasteiger charge is 2.17. The molecule has 1 aliphatic rings. The van der Waals surface area contributed by atoms with Gasteiger partial charge in [0.15, 0.2) is 11.5 Å². The number of nitrogens with one attached hydrogen (secondary N) is 1. The fourth-order valence-electron chi connectivity index (χ4n) is 2.85. The number of ether oxygens (including phenoxy) is 3. The summed E-state index contributed by atoms with van der Waals surface area (Å²) in [5.41, 5.74) is 4.39. The van der Waals surface area contributed by atoms with Crippen molar-refractivity contribution in [2.45, 2.75) is 6.42 Å². The van der Waals surface area contributed by atoms with Crippen molar-refractivity contribution in [2.75, 3.05) is 6.79 Å². The lowest BCUT2D eigenvalue weighted by Crippen LogP contribution is -2.19. The van der Waals surface area contributed by atoms with Crippen LogP contribution in [-0.2, 0) is 11.2 Å². The molecule has 0 atom stereocenters. The normalized spacial score (nSPS) is 12.0. The van der Waals surface area contributed by atoms with Crippen molar-refractivity contribution in [3.8, 4) is 17.2 Å². The molecule has 3 aromatic carbocycles. The average molecular weight is 481 g/mol. The van der Waals surface area contributed by atoms with E-state index in [-0.39, 0.29) is 19.1 Å². The molecule has 1 N–H and O–H groups in total. The van der Waals surface area contributed by atoms with E-state index in [1.165, 1.54) is 6.21 Å². The summed E-state index contributed by atoms with van der Waals surface area (Å²) >= 11 is 3.36. The van der Waals surface area contributed by atoms with Gasteiger partial charge in [0.2, 0.25) is 12.7 Å². The number of esters is 1. The smallest absolute Gasteiger partial charge is 0.343 e. The zero-order chi connectivity index (χ0) is 21.6. The molecule has 0 fully saturated rings. The van der Waals surface area contributed by atoms with Crippen LogP contribution in [0.3, 0.4) is 0 Å². The van der Waals surface area contributed by atoms with Crippen LogP contribution in [0.2, 0.25) is 0 Å². The molecule has 0 aromatic heterocycles. The van der Waals surface area contributed by atoms with E-state index in [0.29, 0.717) is 28.4 Å². The summed E-state index contributed by atoms with van der Waals surface area (Å²) in [5.74, 6) is 0.707. The van der Waals surface area contributed by atoms with Crippen LogP contribution in [0.15, 0.2) is 76.3 Å². The van der Waals surface area contributed by atoms with Crippen LogP contribution >= 0.6 is 15.9 Å². The van der Waals surface area contributed by atoms with Crippen LogP contribution in [0, 0.1) is 0 Å². The molecule has 7 nitrogen and oxygen atoms in total. The summed E-state index contributed by atoms with van der Waals surface area (Å²) in [5, 5.41) is 3.97. The predicted octanol–water partition coefficient (Wildman–Crippen LogP) is 4.09. The van der Waals surface area contributed by atoms with Gasteiger partial charge in [0.05, 0.1) is 18.2 Å². The largest absolute Gasteiger partial charge is 0.454 e. The number of hydrazone groups is 1. The Hall–Kier alpha value is -3.65. The first-order valence-corrected chi connectivity index (χ1v) is 10.1. The monoisotopic (exact) mass is 480 g/mol. The van der Waals surface area contributed by atoms with Crippen molar-refractivity contribution >= 4 is 34.0 Å². The highest BCUT2D eigenvalue weighted by atomic mass is 79.9. The van der Waals surface area contributed by atoms with E-state index in [9.17, 15) is 9.59 Å². The molecule has 0 aliphatic carbocycles. The first-order valence-electron chi connectivity index (χ1n) is 9.35. The Balaban J connectivity index is 1.34. The van der Waals surface area contributed by atoms with E-state index in [2.05, 4.69) is 26.5 Å². The van der Waals surface area contributed by atoms with E-state index in [4.69, 9.17) is 14.2 Å². The number of halogens is 1. The minimum atomic E-state index is -0.518. The fourth-order valence-corrected chi connectivity index (χ4v) is 3.12. The third-order valence-electron chi connectivity index (χ3n) is 4.36. The second-order valence-electron chi connectivity index (χ2n) is 6.63. The zero-order valence-corrected chi connectivity index (χ0v) is 17.8. The first kappa shape index (κ1) is 20.6. The van der Waals surface area contributed by atoms with Gasteiger partial charge in [0.25, 0.3) is 0 Å². The summed E-state index contributed by atoms with van der Waals surface area (Å²) in [6, 6.07) is 19.2. The number of fused-ring (bicyclic) bond motifs is 1. The topological polar surface area (TPSA) is 86.2 Å². The molecule has 3 aromatic rings. The number of benzene rings is 3. The highest BCUT2D eigenvalue weighted by molar-refractivity contribution is 9.10. The Labute approximate surface area is 186 Å². The molecule has 156 valence electrons. The molecule has 8 heteroatoms. The highest BCUT2D eigenvalue weighted by Crippen LogP contribution is 2.32. The summed E-state index contributed by atoms with van der Waals surface area (Å²) in [6.07, 6.45) is 1.70. The van der Waals surface area contributed by atoms with Crippen molar-refractivity contribution in [3.63, 3.8) is 0 Å². The van der Waals surface area contributed by atoms with Gasteiger partial charge in [-0.3, -0.25) is 4.79 Å². The molecule has 31 heavy (non-hydrogen) atoms. The van der Waals surface area contributed by atoms with Crippen LogP contribution in [0.4, 0.5) is 0 Å². The lowest BCUT2D eigenvalue weighted by molar-refractivity contribution is -0.120. The minimum absolute atomic E-state index is 0.134. The predicted molar refractivity (Wildman–Crippen MR) is 118 cm³/mol. The molecule has 1 amide bonds. The van der Waals surface area contributed by atoms with Gasteiger partial charge in [0, 0.05) is 4.47 Å². The third kappa shape index (κ3) is 5.49. The van der Waals surface area contributed by atoms with Crippen LogP contribution in [0.1, 0.15) is 21.5 Å². The molecule has 0 unspecified atom stereocenters. The van der Waals surface area contributed by atoms with E-state index in [1.54, 1.807) is 42.5 Å². The molecule has 4 rings (SSSR count). The SMILES string of the molecule is O=C(Cc1ccc(Br)cc1)N/N=C\c1cccc(OC(=O)c2ccc3c(c2)OCO3)c1. The summed E-state index contributed by atoms with van der Waals surface area (Å²) in [6.45, 7) is 0.134. The minimum Gasteiger partial charge on any atom is -0.454 e. The van der Waals surface area contributed by atoms with E-state index in [1.807, 2.05) is 24.3 Å². The summed E-state index contributed by atoms with van der Waals surface area (Å²) in [4.78, 5) is 24.4. The quantitative estimate of drug-likeness (QED) is 0.248. The molecule has 0 saturated heterocycles. The van der Waals surface area contributed by atoms with E-state index >= 15 is 0 Å². The number of amides is 1. The summed E-state index contributed by atoms with van der Waals surface area (Å²) in [7, 11) is 0. The van der Waals surface area contributed by atoms with Gasteiger partial charge in [-0.1, -0.05) is 40.2 Å². The van der Waals surface area contributed by atoms with Crippen molar-refractivity contribution < 1.29 is 23.8 Å². The van der Waals surface area contributed by atoms with Crippen LogP contribution in [0.25, 0.3) is 0 Å². The van der Waals surface area contributed by atoms with Gasteiger partial charge >= 0.3 is 5.97 Å². The van der Waals surface area contributed by atoms with Gasteiger partial charge in [-0.05, 0) is 53.6 Å². The van der Waals surface area contributed by atoms with Gasteiger partial charge in [-0.2, -0.15) is 5.10 Å². The van der Waals surface area contributed by atoms with E-state index < -0.39 is 5.97 Å². The maximum atomic E-state index is 12.4. The lowest BCUT2D eigenvalue weighted by Gasteiger charge is -2.06. The Morgan fingerprint density at radius 1 is 1.03 bits per heavy atom. The molecular weight excluding hydrogens is 464 g/mol. The van der Waals surface area contributed by atoms with Crippen molar-refractivity contribution in [1.82, 2.24) is 5.43 Å². The van der Waals surface area contributed by atoms with Crippen LogP contribution < -0.4 is 19.6 Å². The number of hydrogen-bond acceptors (Lipinski definition) is 6. The molecule has 0 radical (unpaired) electrons. The van der Waals surface area contributed by atoms with Crippen molar-refractivity contribution in [3.05, 3.63) is 87.9 Å². The average Bonchev–Trinajstić information content (AvgIpc) is 3.23. The third-order valence-corrected chi connectivity index (χ3v) is 4.89. The lowest BCUT2D eigenvalue weighted by atomic mass is 10.1. The van der Waals surface area contributed by atoms with Crippen molar-refractivity contribution in [2.24, 2.45) is 5.10 Å². The molecule has 1 aliphatic heterocycles. The molecule has 1 heterocycles. The second kappa shape index (κ2) is 9.44. The van der Waals surface area contributed by atoms with Crippen LogP contribution in [0.5, 0.6) is 17.2 Å². The summed E-state index contributed by atoms with van der Waals surface area (Å²) < 4.78 is 16.9.